The van der Waals surface area contributed by atoms with E-state index in [9.17, 15) is 8.42 Å². The zero-order chi connectivity index (χ0) is 14.2. The Labute approximate surface area is 110 Å². The molecule has 1 atom stereocenters. The van der Waals surface area contributed by atoms with Gasteiger partial charge >= 0.3 is 0 Å². The van der Waals surface area contributed by atoms with Crippen LogP contribution < -0.4 is 0 Å². The summed E-state index contributed by atoms with van der Waals surface area (Å²) < 4.78 is 37.4. The lowest BCUT2D eigenvalue weighted by Crippen LogP contribution is -2.29. The Morgan fingerprint density at radius 1 is 1.22 bits per heavy atom. The molecule has 0 aliphatic carbocycles. The Kier molecular flexibility index (Phi) is 7.48. The molecular formula is C12H22O5S. The van der Waals surface area contributed by atoms with Crippen LogP contribution in [-0.4, -0.2) is 46.7 Å². The normalized spacial score (nSPS) is 13.8. The van der Waals surface area contributed by atoms with Crippen LogP contribution >= 0.6 is 0 Å². The molecule has 0 fully saturated rings. The molecule has 0 heterocycles. The molecule has 0 spiro atoms. The number of ether oxygens (including phenoxy) is 2. The first-order valence-corrected chi connectivity index (χ1v) is 7.42. The number of rotatable bonds is 6. The summed E-state index contributed by atoms with van der Waals surface area (Å²) in [7, 11) is -1.97. The lowest BCUT2D eigenvalue weighted by molar-refractivity contribution is -0.0390. The van der Waals surface area contributed by atoms with Gasteiger partial charge in [-0.05, 0) is 20.8 Å². The minimum atomic E-state index is -3.51. The van der Waals surface area contributed by atoms with Crippen molar-refractivity contribution in [3.63, 3.8) is 0 Å². The lowest BCUT2D eigenvalue weighted by Gasteiger charge is -2.23. The first kappa shape index (κ1) is 17.4. The van der Waals surface area contributed by atoms with Gasteiger partial charge < -0.3 is 9.47 Å². The molecular weight excluding hydrogens is 256 g/mol. The van der Waals surface area contributed by atoms with Crippen LogP contribution in [0.1, 0.15) is 27.2 Å². The third-order valence-electron chi connectivity index (χ3n) is 1.68. The van der Waals surface area contributed by atoms with Crippen molar-refractivity contribution in [2.24, 2.45) is 0 Å². The first-order chi connectivity index (χ1) is 8.14. The average Bonchev–Trinajstić information content (AvgIpc) is 2.17. The summed E-state index contributed by atoms with van der Waals surface area (Å²) in [5.74, 6) is 5.55. The van der Waals surface area contributed by atoms with Gasteiger partial charge in [0.2, 0.25) is 0 Å². The Morgan fingerprint density at radius 3 is 2.28 bits per heavy atom. The second-order valence-corrected chi connectivity index (χ2v) is 6.44. The molecule has 0 aromatic rings. The first-order valence-electron chi connectivity index (χ1n) is 5.61. The molecule has 0 saturated carbocycles. The lowest BCUT2D eigenvalue weighted by atomic mass is 10.2. The van der Waals surface area contributed by atoms with E-state index in [1.807, 2.05) is 20.8 Å². The summed E-state index contributed by atoms with van der Waals surface area (Å²) in [6.45, 7) is 6.16. The van der Waals surface area contributed by atoms with Gasteiger partial charge in [-0.2, -0.15) is 8.42 Å². The maximum Gasteiger partial charge on any atom is 0.264 e. The molecule has 0 bridgehead atoms. The van der Waals surface area contributed by atoms with E-state index < -0.39 is 16.2 Å². The molecule has 0 aliphatic heterocycles. The van der Waals surface area contributed by atoms with Crippen LogP contribution in [0.2, 0.25) is 0 Å². The predicted octanol–water partition coefficient (Wildman–Crippen LogP) is 1.19. The molecule has 0 rings (SSSR count). The molecule has 0 N–H and O–H groups in total. The fraction of sp³-hybridized carbons (Fsp3) is 0.833. The second kappa shape index (κ2) is 7.74. The Balaban J connectivity index is 4.40. The van der Waals surface area contributed by atoms with E-state index in [1.165, 1.54) is 0 Å². The highest BCUT2D eigenvalue weighted by Gasteiger charge is 2.19. The Morgan fingerprint density at radius 2 is 1.83 bits per heavy atom. The summed E-state index contributed by atoms with van der Waals surface area (Å²) in [5, 5.41) is 0. The van der Waals surface area contributed by atoms with Crippen molar-refractivity contribution in [1.29, 1.82) is 0 Å². The minimum Gasteiger partial charge on any atom is -0.373 e. The largest absolute Gasteiger partial charge is 0.373 e. The highest BCUT2D eigenvalue weighted by molar-refractivity contribution is 7.86. The van der Waals surface area contributed by atoms with Crippen molar-refractivity contribution in [1.82, 2.24) is 0 Å². The molecule has 0 aromatic heterocycles. The minimum absolute atomic E-state index is 0.179. The van der Waals surface area contributed by atoms with Gasteiger partial charge in [0, 0.05) is 13.5 Å². The van der Waals surface area contributed by atoms with Crippen LogP contribution in [0.4, 0.5) is 0 Å². The topological polar surface area (TPSA) is 61.8 Å². The third-order valence-corrected chi connectivity index (χ3v) is 2.31. The van der Waals surface area contributed by atoms with E-state index in [0.717, 1.165) is 6.26 Å². The van der Waals surface area contributed by atoms with Crippen molar-refractivity contribution in [3.8, 4) is 11.8 Å². The highest BCUT2D eigenvalue weighted by Crippen LogP contribution is 2.11. The smallest absolute Gasteiger partial charge is 0.264 e. The molecule has 0 saturated heterocycles. The fourth-order valence-electron chi connectivity index (χ4n) is 1.02. The number of methoxy groups -OCH3 is 1. The van der Waals surface area contributed by atoms with Crippen LogP contribution in [0.15, 0.2) is 0 Å². The van der Waals surface area contributed by atoms with Crippen LogP contribution in [-0.2, 0) is 23.8 Å². The van der Waals surface area contributed by atoms with Crippen LogP contribution in [0, 0.1) is 11.8 Å². The number of hydrogen-bond donors (Lipinski definition) is 0. The average molecular weight is 278 g/mol. The van der Waals surface area contributed by atoms with Crippen LogP contribution in [0.5, 0.6) is 0 Å². The molecule has 106 valence electrons. The van der Waals surface area contributed by atoms with Gasteiger partial charge in [0.1, 0.15) is 12.7 Å². The summed E-state index contributed by atoms with van der Waals surface area (Å²) >= 11 is 0. The second-order valence-electron chi connectivity index (χ2n) is 4.84. The maximum absolute atomic E-state index is 11.1. The zero-order valence-corrected chi connectivity index (χ0v) is 12.5. The molecule has 0 aliphatic rings. The third kappa shape index (κ3) is 11.9. The summed E-state index contributed by atoms with van der Waals surface area (Å²) in [6.07, 6.45) is 0.704. The Hall–Kier alpha value is -0.610. The van der Waals surface area contributed by atoms with Crippen LogP contribution in [0.3, 0.4) is 0 Å². The molecule has 6 heteroatoms. The van der Waals surface area contributed by atoms with E-state index in [-0.39, 0.29) is 18.6 Å². The van der Waals surface area contributed by atoms with E-state index in [0.29, 0.717) is 6.61 Å². The monoisotopic (exact) mass is 278 g/mol. The van der Waals surface area contributed by atoms with E-state index >= 15 is 0 Å². The van der Waals surface area contributed by atoms with Gasteiger partial charge in [-0.15, -0.1) is 0 Å². The maximum atomic E-state index is 11.1. The summed E-state index contributed by atoms with van der Waals surface area (Å²) in [5.41, 5.74) is -0.348. The van der Waals surface area contributed by atoms with Gasteiger partial charge in [0.15, 0.2) is 0 Å². The summed E-state index contributed by atoms with van der Waals surface area (Å²) in [4.78, 5) is 0. The van der Waals surface area contributed by atoms with Crippen molar-refractivity contribution in [2.45, 2.75) is 38.9 Å². The molecule has 5 nitrogen and oxygen atoms in total. The molecule has 0 radical (unpaired) electrons. The Bertz CT molecular complexity index is 383. The van der Waals surface area contributed by atoms with Gasteiger partial charge in [-0.1, -0.05) is 11.8 Å². The van der Waals surface area contributed by atoms with Crippen LogP contribution in [0.25, 0.3) is 0 Å². The van der Waals surface area contributed by atoms with E-state index in [2.05, 4.69) is 11.8 Å². The van der Waals surface area contributed by atoms with E-state index in [1.54, 1.807) is 7.11 Å². The van der Waals surface area contributed by atoms with Crippen molar-refractivity contribution < 1.29 is 22.1 Å². The highest BCUT2D eigenvalue weighted by atomic mass is 32.2. The SMILES string of the molecule is COCC#CC[C@@H](COC(C)(C)C)OS(C)(=O)=O. The molecule has 0 amide bonds. The zero-order valence-electron chi connectivity index (χ0n) is 11.6. The van der Waals surface area contributed by atoms with E-state index in [4.69, 9.17) is 13.7 Å². The number of hydrogen-bond acceptors (Lipinski definition) is 5. The van der Waals surface area contributed by atoms with Crippen molar-refractivity contribution in [2.75, 3.05) is 26.6 Å². The molecule has 18 heavy (non-hydrogen) atoms. The fourth-order valence-corrected chi connectivity index (χ4v) is 1.64. The van der Waals surface area contributed by atoms with Gasteiger partial charge in [-0.3, -0.25) is 4.18 Å². The molecule has 0 unspecified atom stereocenters. The molecule has 0 aromatic carbocycles. The summed E-state index contributed by atoms with van der Waals surface area (Å²) in [6, 6.07) is 0. The van der Waals surface area contributed by atoms with Gasteiger partial charge in [0.05, 0.1) is 18.5 Å². The van der Waals surface area contributed by atoms with Gasteiger partial charge in [0.25, 0.3) is 10.1 Å². The standard InChI is InChI=1S/C12H22O5S/c1-12(2,3)16-10-11(17-18(5,13)14)8-6-7-9-15-4/h11H,8-10H2,1-5H3/t11-/m0/s1. The predicted molar refractivity (Wildman–Crippen MR) is 69.7 cm³/mol. The quantitative estimate of drug-likeness (QED) is 0.539. The van der Waals surface area contributed by atoms with Crippen molar-refractivity contribution in [3.05, 3.63) is 0 Å². The van der Waals surface area contributed by atoms with Crippen molar-refractivity contribution >= 4 is 10.1 Å². The van der Waals surface area contributed by atoms with Gasteiger partial charge in [-0.25, -0.2) is 0 Å².